The smallest absolute Gasteiger partial charge is 0.336 e. The van der Waals surface area contributed by atoms with E-state index in [9.17, 15) is 4.79 Å². The highest BCUT2D eigenvalue weighted by molar-refractivity contribution is 5.81. The van der Waals surface area contributed by atoms with E-state index in [0.717, 1.165) is 10.9 Å². The van der Waals surface area contributed by atoms with E-state index in [0.29, 0.717) is 11.3 Å². The molecule has 5 heteroatoms. The van der Waals surface area contributed by atoms with Crippen molar-refractivity contribution in [2.75, 3.05) is 0 Å². The van der Waals surface area contributed by atoms with Gasteiger partial charge in [0.2, 0.25) is 0 Å². The molecule has 88 valence electrons. The zero-order valence-corrected chi connectivity index (χ0v) is 9.10. The quantitative estimate of drug-likeness (QED) is 0.382. The first-order valence-electron chi connectivity index (χ1n) is 4.83. The lowest BCUT2D eigenvalue weighted by molar-refractivity contribution is -0.230. The Hall–Kier alpha value is -2.27. The van der Waals surface area contributed by atoms with Gasteiger partial charge in [0, 0.05) is 17.5 Å². The Bertz CT molecular complexity index is 626. The highest BCUT2D eigenvalue weighted by Gasteiger charge is 2.05. The molecule has 1 N–H and O–H groups in total. The molecule has 0 radical (unpaired) electrons. The third-order valence-corrected chi connectivity index (χ3v) is 2.26. The first-order valence-corrected chi connectivity index (χ1v) is 4.83. The van der Waals surface area contributed by atoms with Crippen LogP contribution in [0.25, 0.3) is 11.0 Å². The molecule has 0 saturated heterocycles. The molecule has 5 nitrogen and oxygen atoms in total. The number of hydrogen-bond acceptors (Lipinski definition) is 5. The van der Waals surface area contributed by atoms with Crippen LogP contribution in [0.15, 0.2) is 46.0 Å². The lowest BCUT2D eigenvalue weighted by atomic mass is 10.1. The molecular weight excluding hydrogens is 224 g/mol. The molecule has 2 aromatic rings. The maximum atomic E-state index is 11.2. The van der Waals surface area contributed by atoms with Gasteiger partial charge in [-0.25, -0.2) is 4.79 Å². The Kier molecular flexibility index (Phi) is 2.84. The molecule has 0 amide bonds. The summed E-state index contributed by atoms with van der Waals surface area (Å²) < 4.78 is 10.1. The van der Waals surface area contributed by atoms with Crippen LogP contribution in [0.3, 0.4) is 0 Å². The third kappa shape index (κ3) is 2.29. The van der Waals surface area contributed by atoms with Crippen LogP contribution < -0.4 is 10.4 Å². The van der Waals surface area contributed by atoms with Gasteiger partial charge in [-0.2, -0.15) is 5.26 Å². The first kappa shape index (κ1) is 11.2. The summed E-state index contributed by atoms with van der Waals surface area (Å²) in [7, 11) is 0. The largest absolute Gasteiger partial charge is 0.424 e. The molecule has 0 atom stereocenters. The second-order valence-electron chi connectivity index (χ2n) is 3.47. The standard InChI is InChI=1S/C12H10O5/c1-7-5-12(13)16-11-6-9(3-4-10(7)11)15-8(2)17-14/h3-6,14H,2H2,1H3. The number of hydrogen-bond donors (Lipinski definition) is 1. The lowest BCUT2D eigenvalue weighted by Gasteiger charge is -2.06. The van der Waals surface area contributed by atoms with E-state index in [1.165, 1.54) is 12.1 Å². The van der Waals surface area contributed by atoms with Crippen LogP contribution in [0.2, 0.25) is 0 Å². The molecule has 0 aliphatic heterocycles. The molecule has 0 aliphatic carbocycles. The van der Waals surface area contributed by atoms with Crippen molar-refractivity contribution in [1.82, 2.24) is 0 Å². The van der Waals surface area contributed by atoms with Crippen LogP contribution in [0.4, 0.5) is 0 Å². The van der Waals surface area contributed by atoms with Gasteiger partial charge in [0.1, 0.15) is 11.3 Å². The van der Waals surface area contributed by atoms with E-state index in [2.05, 4.69) is 11.5 Å². The Morgan fingerprint density at radius 3 is 2.88 bits per heavy atom. The van der Waals surface area contributed by atoms with Crippen molar-refractivity contribution in [1.29, 1.82) is 0 Å². The van der Waals surface area contributed by atoms with Crippen molar-refractivity contribution in [3.8, 4) is 5.75 Å². The minimum Gasteiger partial charge on any atom is -0.424 e. The molecule has 0 unspecified atom stereocenters. The summed E-state index contributed by atoms with van der Waals surface area (Å²) in [4.78, 5) is 15.0. The Morgan fingerprint density at radius 2 is 2.18 bits per heavy atom. The van der Waals surface area contributed by atoms with Gasteiger partial charge in [-0.1, -0.05) is 0 Å². The fourth-order valence-corrected chi connectivity index (χ4v) is 1.52. The zero-order valence-electron chi connectivity index (χ0n) is 9.10. The van der Waals surface area contributed by atoms with Gasteiger partial charge in [-0.15, -0.1) is 0 Å². The van der Waals surface area contributed by atoms with E-state index in [4.69, 9.17) is 14.4 Å². The summed E-state index contributed by atoms with van der Waals surface area (Å²) in [5.41, 5.74) is 0.794. The van der Waals surface area contributed by atoms with Gasteiger partial charge in [0.25, 0.3) is 0 Å². The van der Waals surface area contributed by atoms with Gasteiger partial charge in [0.15, 0.2) is 0 Å². The molecule has 1 aromatic heterocycles. The third-order valence-electron chi connectivity index (χ3n) is 2.26. The van der Waals surface area contributed by atoms with Crippen LogP contribution >= 0.6 is 0 Å². The van der Waals surface area contributed by atoms with Gasteiger partial charge in [-0.05, 0) is 31.2 Å². The van der Waals surface area contributed by atoms with Crippen molar-refractivity contribution in [3.63, 3.8) is 0 Å². The number of ether oxygens (including phenoxy) is 1. The average Bonchev–Trinajstić information content (AvgIpc) is 2.28. The molecule has 0 bridgehead atoms. The van der Waals surface area contributed by atoms with Crippen molar-refractivity contribution >= 4 is 11.0 Å². The van der Waals surface area contributed by atoms with E-state index >= 15 is 0 Å². The van der Waals surface area contributed by atoms with Crippen molar-refractivity contribution in [2.24, 2.45) is 0 Å². The van der Waals surface area contributed by atoms with Crippen molar-refractivity contribution in [2.45, 2.75) is 6.92 Å². The van der Waals surface area contributed by atoms with E-state index < -0.39 is 5.63 Å². The van der Waals surface area contributed by atoms with Crippen LogP contribution in [-0.2, 0) is 4.89 Å². The molecule has 1 aromatic carbocycles. The normalized spacial score (nSPS) is 10.2. The van der Waals surface area contributed by atoms with Crippen LogP contribution in [-0.4, -0.2) is 5.26 Å². The summed E-state index contributed by atoms with van der Waals surface area (Å²) in [6, 6.07) is 6.33. The average molecular weight is 234 g/mol. The van der Waals surface area contributed by atoms with Crippen molar-refractivity contribution in [3.05, 3.63) is 52.8 Å². The Labute approximate surface area is 96.4 Å². The number of rotatable bonds is 3. The maximum Gasteiger partial charge on any atom is 0.336 e. The lowest BCUT2D eigenvalue weighted by Crippen LogP contribution is -1.99. The van der Waals surface area contributed by atoms with Gasteiger partial charge in [0.05, 0.1) is 0 Å². The van der Waals surface area contributed by atoms with Gasteiger partial charge < -0.3 is 14.0 Å². The maximum absolute atomic E-state index is 11.2. The molecule has 1 heterocycles. The summed E-state index contributed by atoms with van der Waals surface area (Å²) in [5.74, 6) is 0.0876. The van der Waals surface area contributed by atoms with Crippen molar-refractivity contribution < 1.29 is 19.3 Å². The molecule has 0 saturated carbocycles. The van der Waals surface area contributed by atoms with E-state index in [1.54, 1.807) is 12.1 Å². The second kappa shape index (κ2) is 4.31. The summed E-state index contributed by atoms with van der Waals surface area (Å²) in [5, 5.41) is 9.11. The Morgan fingerprint density at radius 1 is 1.41 bits per heavy atom. The van der Waals surface area contributed by atoms with E-state index in [-0.39, 0.29) is 5.95 Å². The number of fused-ring (bicyclic) bond motifs is 1. The van der Waals surface area contributed by atoms with Crippen LogP contribution in [0, 0.1) is 6.92 Å². The molecule has 0 fully saturated rings. The van der Waals surface area contributed by atoms with Gasteiger partial charge in [-0.3, -0.25) is 0 Å². The predicted octanol–water partition coefficient (Wildman–Crippen LogP) is 2.44. The zero-order chi connectivity index (χ0) is 12.4. The second-order valence-corrected chi connectivity index (χ2v) is 3.47. The van der Waals surface area contributed by atoms with Crippen LogP contribution in [0.5, 0.6) is 5.75 Å². The fourth-order valence-electron chi connectivity index (χ4n) is 1.52. The number of aryl methyl sites for hydroxylation is 1. The molecule has 17 heavy (non-hydrogen) atoms. The minimum absolute atomic E-state index is 0.264. The van der Waals surface area contributed by atoms with E-state index in [1.807, 2.05) is 6.92 Å². The monoisotopic (exact) mass is 234 g/mol. The summed E-state index contributed by atoms with van der Waals surface area (Å²) in [6.45, 7) is 5.11. The molecular formula is C12H10O5. The van der Waals surface area contributed by atoms with Crippen LogP contribution in [0.1, 0.15) is 5.56 Å². The van der Waals surface area contributed by atoms with Gasteiger partial charge >= 0.3 is 11.6 Å². The summed E-state index contributed by atoms with van der Waals surface area (Å²) in [6.07, 6.45) is 0. The molecule has 2 rings (SSSR count). The molecule has 0 aliphatic rings. The molecule has 0 spiro atoms. The Balaban J connectivity index is 2.50. The predicted molar refractivity (Wildman–Crippen MR) is 60.7 cm³/mol. The highest BCUT2D eigenvalue weighted by Crippen LogP contribution is 2.23. The number of benzene rings is 1. The minimum atomic E-state index is -0.426. The summed E-state index contributed by atoms with van der Waals surface area (Å²) >= 11 is 0. The topological polar surface area (TPSA) is 68.9 Å². The fraction of sp³-hybridized carbons (Fsp3) is 0.0833. The SMILES string of the molecule is C=C(OO)Oc1ccc2c(C)cc(=O)oc2c1. The highest BCUT2D eigenvalue weighted by atomic mass is 17.1. The first-order chi connectivity index (χ1) is 8.10.